The van der Waals surface area contributed by atoms with Crippen molar-refractivity contribution in [2.45, 2.75) is 13.0 Å². The van der Waals surface area contributed by atoms with Gasteiger partial charge in [-0.3, -0.25) is 4.31 Å². The fourth-order valence-corrected chi connectivity index (χ4v) is 4.61. The van der Waals surface area contributed by atoms with Crippen molar-refractivity contribution in [2.75, 3.05) is 21.9 Å². The van der Waals surface area contributed by atoms with Gasteiger partial charge in [0, 0.05) is 17.1 Å². The number of carbonyl (C=O) groups excluding carboxylic acids is 1. The zero-order valence-corrected chi connectivity index (χ0v) is 14.0. The van der Waals surface area contributed by atoms with Gasteiger partial charge in [-0.1, -0.05) is 6.07 Å². The van der Waals surface area contributed by atoms with Crippen LogP contribution in [0.4, 0.5) is 16.2 Å². The summed E-state index contributed by atoms with van der Waals surface area (Å²) in [4.78, 5) is 12.9. The van der Waals surface area contributed by atoms with Crippen molar-refractivity contribution in [1.82, 2.24) is 5.32 Å². The Balaban J connectivity index is 1.58. The van der Waals surface area contributed by atoms with Crippen LogP contribution in [0, 0.1) is 0 Å². The normalized spacial score (nSPS) is 16.3. The molecule has 0 radical (unpaired) electrons. The molecule has 1 aromatic heterocycles. The molecule has 1 fully saturated rings. The molecule has 1 aromatic carbocycles. The maximum Gasteiger partial charge on any atom is 0.319 e. The van der Waals surface area contributed by atoms with E-state index in [2.05, 4.69) is 10.6 Å². The number of urea groups is 1. The molecular formula is C15H17N3O3S2. The maximum absolute atomic E-state index is 11.9. The van der Waals surface area contributed by atoms with E-state index in [4.69, 9.17) is 0 Å². The van der Waals surface area contributed by atoms with E-state index in [1.165, 1.54) is 4.31 Å². The predicted molar refractivity (Wildman–Crippen MR) is 92.4 cm³/mol. The molecule has 0 atom stereocenters. The van der Waals surface area contributed by atoms with E-state index in [0.717, 1.165) is 4.88 Å². The number of carbonyl (C=O) groups is 1. The molecule has 3 rings (SSSR count). The number of anilines is 2. The minimum atomic E-state index is -3.17. The van der Waals surface area contributed by atoms with Crippen molar-refractivity contribution in [2.24, 2.45) is 0 Å². The first-order valence-electron chi connectivity index (χ1n) is 7.22. The van der Waals surface area contributed by atoms with Gasteiger partial charge < -0.3 is 10.6 Å². The highest BCUT2D eigenvalue weighted by Gasteiger charge is 2.28. The third-order valence-corrected chi connectivity index (χ3v) is 6.26. The van der Waals surface area contributed by atoms with Crippen LogP contribution in [-0.2, 0) is 16.6 Å². The first-order valence-corrected chi connectivity index (χ1v) is 9.71. The van der Waals surface area contributed by atoms with E-state index in [9.17, 15) is 13.2 Å². The lowest BCUT2D eigenvalue weighted by Gasteiger charge is -2.17. The Morgan fingerprint density at radius 1 is 1.22 bits per heavy atom. The number of amides is 2. The number of benzene rings is 1. The van der Waals surface area contributed by atoms with E-state index in [0.29, 0.717) is 30.9 Å². The van der Waals surface area contributed by atoms with Gasteiger partial charge >= 0.3 is 6.03 Å². The Morgan fingerprint density at radius 3 is 2.61 bits per heavy atom. The van der Waals surface area contributed by atoms with Crippen molar-refractivity contribution in [3.05, 3.63) is 46.7 Å². The van der Waals surface area contributed by atoms with Crippen LogP contribution in [-0.4, -0.2) is 26.7 Å². The minimum Gasteiger partial charge on any atom is -0.333 e. The lowest BCUT2D eigenvalue weighted by molar-refractivity contribution is 0.252. The van der Waals surface area contributed by atoms with Crippen molar-refractivity contribution >= 4 is 38.8 Å². The van der Waals surface area contributed by atoms with E-state index in [1.807, 2.05) is 17.5 Å². The molecule has 1 aliphatic heterocycles. The van der Waals surface area contributed by atoms with Gasteiger partial charge in [-0.25, -0.2) is 13.2 Å². The van der Waals surface area contributed by atoms with Crippen molar-refractivity contribution < 1.29 is 13.2 Å². The molecule has 1 saturated heterocycles. The van der Waals surface area contributed by atoms with Gasteiger partial charge in [0.1, 0.15) is 0 Å². The second kappa shape index (κ2) is 6.59. The molecule has 0 bridgehead atoms. The molecule has 2 N–H and O–H groups in total. The smallest absolute Gasteiger partial charge is 0.319 e. The zero-order chi connectivity index (χ0) is 16.3. The highest BCUT2D eigenvalue weighted by Crippen LogP contribution is 2.25. The fraction of sp³-hybridized carbons (Fsp3) is 0.267. The number of nitrogens with one attached hydrogen (secondary N) is 2. The standard InChI is InChI=1S/C15H17N3O3S2/c19-15(16-11-14-3-1-9-22-14)17-12-4-6-13(7-5-12)18-8-2-10-23(18,20)21/h1,3-7,9H,2,8,10-11H2,(H2,16,17,19). The van der Waals surface area contributed by atoms with Gasteiger partial charge in [-0.2, -0.15) is 0 Å². The van der Waals surface area contributed by atoms with Crippen molar-refractivity contribution in [3.63, 3.8) is 0 Å². The Bertz CT molecular complexity index is 771. The van der Waals surface area contributed by atoms with E-state index in [1.54, 1.807) is 35.6 Å². The Kier molecular flexibility index (Phi) is 4.53. The SMILES string of the molecule is O=C(NCc1cccs1)Nc1ccc(N2CCCS2(=O)=O)cc1. The van der Waals surface area contributed by atoms with Crippen molar-refractivity contribution in [3.8, 4) is 0 Å². The number of sulfonamides is 1. The summed E-state index contributed by atoms with van der Waals surface area (Å²) in [5, 5.41) is 7.46. The second-order valence-corrected chi connectivity index (χ2v) is 8.22. The van der Waals surface area contributed by atoms with Crippen molar-refractivity contribution in [1.29, 1.82) is 0 Å². The van der Waals surface area contributed by atoms with Crippen LogP contribution in [0.5, 0.6) is 0 Å². The molecule has 2 heterocycles. The third kappa shape index (κ3) is 3.83. The van der Waals surface area contributed by atoms with Crippen LogP contribution < -0.4 is 14.9 Å². The molecular weight excluding hydrogens is 334 g/mol. The highest BCUT2D eigenvalue weighted by molar-refractivity contribution is 7.93. The lowest BCUT2D eigenvalue weighted by atomic mass is 10.2. The van der Waals surface area contributed by atoms with E-state index >= 15 is 0 Å². The summed E-state index contributed by atoms with van der Waals surface area (Å²) in [5.41, 5.74) is 1.25. The van der Waals surface area contributed by atoms with E-state index < -0.39 is 10.0 Å². The third-order valence-electron chi connectivity index (χ3n) is 3.52. The van der Waals surface area contributed by atoms with Crippen LogP contribution in [0.15, 0.2) is 41.8 Å². The summed E-state index contributed by atoms with van der Waals surface area (Å²) in [7, 11) is -3.17. The Hall–Kier alpha value is -2.06. The van der Waals surface area contributed by atoms with Crippen LogP contribution in [0.25, 0.3) is 0 Å². The lowest BCUT2D eigenvalue weighted by Crippen LogP contribution is -2.28. The van der Waals surface area contributed by atoms with Crippen LogP contribution >= 0.6 is 11.3 Å². The summed E-state index contributed by atoms with van der Waals surface area (Å²) in [6, 6.07) is 10.4. The molecule has 0 unspecified atom stereocenters. The molecule has 1 aliphatic rings. The number of thiophene rings is 1. The largest absolute Gasteiger partial charge is 0.333 e. The van der Waals surface area contributed by atoms with Gasteiger partial charge in [-0.15, -0.1) is 11.3 Å². The fourth-order valence-electron chi connectivity index (χ4n) is 2.40. The Morgan fingerprint density at radius 2 is 2.00 bits per heavy atom. The molecule has 23 heavy (non-hydrogen) atoms. The van der Waals surface area contributed by atoms with Crippen LogP contribution in [0.3, 0.4) is 0 Å². The van der Waals surface area contributed by atoms with Gasteiger partial charge in [0.05, 0.1) is 18.0 Å². The average Bonchev–Trinajstić information content (AvgIpc) is 3.15. The molecule has 8 heteroatoms. The van der Waals surface area contributed by atoms with Gasteiger partial charge in [0.25, 0.3) is 0 Å². The molecule has 6 nitrogen and oxygen atoms in total. The number of hydrogen-bond donors (Lipinski definition) is 2. The first kappa shape index (κ1) is 15.8. The van der Waals surface area contributed by atoms with Gasteiger partial charge in [0.15, 0.2) is 0 Å². The number of rotatable bonds is 4. The molecule has 2 amide bonds. The summed E-state index contributed by atoms with van der Waals surface area (Å²) in [6.45, 7) is 0.990. The summed E-state index contributed by atoms with van der Waals surface area (Å²) >= 11 is 1.58. The second-order valence-electron chi connectivity index (χ2n) is 5.18. The monoisotopic (exact) mass is 351 g/mol. The zero-order valence-electron chi connectivity index (χ0n) is 12.4. The summed E-state index contributed by atoms with van der Waals surface area (Å²) in [6.07, 6.45) is 0.646. The molecule has 0 aliphatic carbocycles. The van der Waals surface area contributed by atoms with Gasteiger partial charge in [0.2, 0.25) is 10.0 Å². The number of hydrogen-bond acceptors (Lipinski definition) is 4. The maximum atomic E-state index is 11.9. The van der Waals surface area contributed by atoms with Crippen LogP contribution in [0.1, 0.15) is 11.3 Å². The predicted octanol–water partition coefficient (Wildman–Crippen LogP) is 2.61. The minimum absolute atomic E-state index is 0.193. The summed E-state index contributed by atoms with van der Waals surface area (Å²) in [5.74, 6) is 0.193. The Labute approximate surface area is 139 Å². The van der Waals surface area contributed by atoms with E-state index in [-0.39, 0.29) is 11.8 Å². The van der Waals surface area contributed by atoms with Gasteiger partial charge in [-0.05, 0) is 42.1 Å². The molecule has 2 aromatic rings. The first-order chi connectivity index (χ1) is 11.0. The summed E-state index contributed by atoms with van der Waals surface area (Å²) < 4.78 is 25.1. The average molecular weight is 351 g/mol. The number of nitrogens with zero attached hydrogens (tertiary/aromatic N) is 1. The topological polar surface area (TPSA) is 78.5 Å². The highest BCUT2D eigenvalue weighted by atomic mass is 32.2. The quantitative estimate of drug-likeness (QED) is 0.889. The van der Waals surface area contributed by atoms with Crippen LogP contribution in [0.2, 0.25) is 0 Å². The molecule has 122 valence electrons. The molecule has 0 saturated carbocycles. The molecule has 0 spiro atoms.